The van der Waals surface area contributed by atoms with Crippen molar-refractivity contribution < 1.29 is 14.4 Å². The van der Waals surface area contributed by atoms with Crippen LogP contribution in [-0.4, -0.2) is 10.3 Å². The maximum Gasteiger partial charge on any atom is 0.134 e. The molecule has 1 unspecified atom stereocenters. The smallest absolute Gasteiger partial charge is 0.134 e. The van der Waals surface area contributed by atoms with E-state index in [4.69, 9.17) is 9.26 Å². The summed E-state index contributed by atoms with van der Waals surface area (Å²) < 4.78 is 10.5. The number of ether oxygens (including phenoxy) is 1. The van der Waals surface area contributed by atoms with E-state index in [1.807, 2.05) is 37.3 Å². The first-order chi connectivity index (χ1) is 8.15. The van der Waals surface area contributed by atoms with Crippen LogP contribution in [0.1, 0.15) is 30.0 Å². The molecule has 1 N–H and O–H groups in total. The normalized spacial score (nSPS) is 12.4. The average Bonchev–Trinajstić information content (AvgIpc) is 2.73. The quantitative estimate of drug-likeness (QED) is 0.881. The molecule has 4 heteroatoms. The summed E-state index contributed by atoms with van der Waals surface area (Å²) >= 11 is 0. The predicted molar refractivity (Wildman–Crippen MR) is 62.6 cm³/mol. The molecule has 0 spiro atoms. The number of aliphatic hydroxyl groups is 1. The Morgan fingerprint density at radius 1 is 1.35 bits per heavy atom. The molecule has 1 aromatic carbocycles. The topological polar surface area (TPSA) is 55.5 Å². The third-order valence-electron chi connectivity index (χ3n) is 2.43. The van der Waals surface area contributed by atoms with Gasteiger partial charge in [-0.25, -0.2) is 0 Å². The Balaban J connectivity index is 1.95. The van der Waals surface area contributed by atoms with Gasteiger partial charge in [0.2, 0.25) is 0 Å². The maximum absolute atomic E-state index is 9.36. The van der Waals surface area contributed by atoms with Crippen LogP contribution in [0.2, 0.25) is 0 Å². The summed E-state index contributed by atoms with van der Waals surface area (Å²) in [5.41, 5.74) is 1.64. The highest BCUT2D eigenvalue weighted by molar-refractivity contribution is 5.28. The van der Waals surface area contributed by atoms with E-state index < -0.39 is 6.10 Å². The van der Waals surface area contributed by atoms with Gasteiger partial charge in [-0.05, 0) is 31.5 Å². The lowest BCUT2D eigenvalue weighted by atomic mass is 10.1. The fraction of sp³-hybridized carbons (Fsp3) is 0.308. The zero-order chi connectivity index (χ0) is 12.3. The Morgan fingerprint density at radius 3 is 2.59 bits per heavy atom. The molecule has 2 rings (SSSR count). The number of benzene rings is 1. The van der Waals surface area contributed by atoms with E-state index in [0.29, 0.717) is 6.61 Å². The summed E-state index contributed by atoms with van der Waals surface area (Å²) in [5, 5.41) is 13.2. The molecule has 1 atom stereocenters. The predicted octanol–water partition coefficient (Wildman–Crippen LogP) is 2.62. The Kier molecular flexibility index (Phi) is 3.44. The fourth-order valence-electron chi connectivity index (χ4n) is 1.49. The van der Waals surface area contributed by atoms with Gasteiger partial charge in [0.05, 0.1) is 6.10 Å². The summed E-state index contributed by atoms with van der Waals surface area (Å²) in [5.74, 6) is 1.52. The van der Waals surface area contributed by atoms with Gasteiger partial charge in [-0.2, -0.15) is 0 Å². The third-order valence-corrected chi connectivity index (χ3v) is 2.43. The van der Waals surface area contributed by atoms with E-state index in [-0.39, 0.29) is 0 Å². The first-order valence-corrected chi connectivity index (χ1v) is 5.48. The Hall–Kier alpha value is -1.81. The van der Waals surface area contributed by atoms with Crippen LogP contribution in [0.25, 0.3) is 0 Å². The molecule has 1 aromatic heterocycles. The minimum absolute atomic E-state index is 0.380. The van der Waals surface area contributed by atoms with Gasteiger partial charge >= 0.3 is 0 Å². The van der Waals surface area contributed by atoms with Gasteiger partial charge in [-0.3, -0.25) is 0 Å². The second-order valence-electron chi connectivity index (χ2n) is 3.96. The van der Waals surface area contributed by atoms with E-state index in [1.165, 1.54) is 0 Å². The lowest BCUT2D eigenvalue weighted by Crippen LogP contribution is -1.96. The first kappa shape index (κ1) is 11.7. The summed E-state index contributed by atoms with van der Waals surface area (Å²) in [4.78, 5) is 0. The Bertz CT molecular complexity index is 474. The fourth-order valence-corrected chi connectivity index (χ4v) is 1.49. The lowest BCUT2D eigenvalue weighted by molar-refractivity contribution is 0.199. The van der Waals surface area contributed by atoms with E-state index in [2.05, 4.69) is 5.16 Å². The zero-order valence-corrected chi connectivity index (χ0v) is 9.88. The van der Waals surface area contributed by atoms with Crippen LogP contribution < -0.4 is 4.74 Å². The minimum atomic E-state index is -0.456. The largest absolute Gasteiger partial charge is 0.487 e. The third kappa shape index (κ3) is 3.07. The standard InChI is InChI=1S/C13H15NO3/c1-9-7-12(14-17-9)8-16-13-5-3-11(4-6-13)10(2)15/h3-7,10,15H,8H2,1-2H3. The van der Waals surface area contributed by atoms with Gasteiger partial charge in [0.1, 0.15) is 23.8 Å². The van der Waals surface area contributed by atoms with Gasteiger partial charge in [0.15, 0.2) is 0 Å². The number of hydrogen-bond acceptors (Lipinski definition) is 4. The molecule has 0 aliphatic carbocycles. The number of nitrogens with zero attached hydrogens (tertiary/aromatic N) is 1. The molecule has 0 aliphatic rings. The van der Waals surface area contributed by atoms with E-state index in [0.717, 1.165) is 22.8 Å². The highest BCUT2D eigenvalue weighted by Gasteiger charge is 2.03. The van der Waals surface area contributed by atoms with Gasteiger partial charge in [0.25, 0.3) is 0 Å². The molecule has 0 fully saturated rings. The van der Waals surface area contributed by atoms with Crippen molar-refractivity contribution in [2.24, 2.45) is 0 Å². The van der Waals surface area contributed by atoms with Crippen LogP contribution in [-0.2, 0) is 6.61 Å². The lowest BCUT2D eigenvalue weighted by Gasteiger charge is -2.07. The molecule has 17 heavy (non-hydrogen) atoms. The van der Waals surface area contributed by atoms with Gasteiger partial charge in [-0.15, -0.1) is 0 Å². The highest BCUT2D eigenvalue weighted by Crippen LogP contribution is 2.18. The SMILES string of the molecule is Cc1cc(COc2ccc(C(C)O)cc2)no1. The summed E-state index contributed by atoms with van der Waals surface area (Å²) in [6, 6.07) is 9.18. The van der Waals surface area contributed by atoms with Crippen molar-refractivity contribution in [1.82, 2.24) is 5.16 Å². The first-order valence-electron chi connectivity index (χ1n) is 5.48. The van der Waals surface area contributed by atoms with Gasteiger partial charge in [0, 0.05) is 6.07 Å². The van der Waals surface area contributed by atoms with Crippen LogP contribution in [0.4, 0.5) is 0 Å². The van der Waals surface area contributed by atoms with E-state index >= 15 is 0 Å². The molecule has 0 saturated heterocycles. The summed E-state index contributed by atoms with van der Waals surface area (Å²) in [7, 11) is 0. The van der Waals surface area contributed by atoms with Gasteiger partial charge < -0.3 is 14.4 Å². The van der Waals surface area contributed by atoms with Crippen molar-refractivity contribution in [2.45, 2.75) is 26.6 Å². The van der Waals surface area contributed by atoms with Crippen molar-refractivity contribution in [2.75, 3.05) is 0 Å². The Morgan fingerprint density at radius 2 is 2.06 bits per heavy atom. The molecular formula is C13H15NO3. The molecular weight excluding hydrogens is 218 g/mol. The molecule has 0 bridgehead atoms. The monoisotopic (exact) mass is 233 g/mol. The van der Waals surface area contributed by atoms with E-state index in [9.17, 15) is 5.11 Å². The van der Waals surface area contributed by atoms with E-state index in [1.54, 1.807) is 6.92 Å². The van der Waals surface area contributed by atoms with Crippen LogP contribution in [0.3, 0.4) is 0 Å². The highest BCUT2D eigenvalue weighted by atomic mass is 16.5. The molecule has 0 saturated carbocycles. The molecule has 90 valence electrons. The van der Waals surface area contributed by atoms with Crippen molar-refractivity contribution in [1.29, 1.82) is 0 Å². The molecule has 0 radical (unpaired) electrons. The number of aliphatic hydroxyl groups excluding tert-OH is 1. The zero-order valence-electron chi connectivity index (χ0n) is 9.88. The second kappa shape index (κ2) is 5.01. The summed E-state index contributed by atoms with van der Waals surface area (Å²) in [6.07, 6.45) is -0.456. The number of aryl methyl sites for hydroxylation is 1. The van der Waals surface area contributed by atoms with Crippen molar-refractivity contribution >= 4 is 0 Å². The number of rotatable bonds is 4. The van der Waals surface area contributed by atoms with Gasteiger partial charge in [-0.1, -0.05) is 17.3 Å². The number of hydrogen-bond donors (Lipinski definition) is 1. The molecule has 4 nitrogen and oxygen atoms in total. The van der Waals surface area contributed by atoms with Crippen LogP contribution in [0.5, 0.6) is 5.75 Å². The van der Waals surface area contributed by atoms with Crippen molar-refractivity contribution in [3.63, 3.8) is 0 Å². The number of aromatic nitrogens is 1. The molecule has 1 heterocycles. The maximum atomic E-state index is 9.36. The van der Waals surface area contributed by atoms with Crippen LogP contribution in [0, 0.1) is 6.92 Å². The Labute approximate surface area is 99.8 Å². The second-order valence-corrected chi connectivity index (χ2v) is 3.96. The molecule has 0 aliphatic heterocycles. The van der Waals surface area contributed by atoms with Crippen molar-refractivity contribution in [3.8, 4) is 5.75 Å². The molecule has 0 amide bonds. The van der Waals surface area contributed by atoms with Crippen molar-refractivity contribution in [3.05, 3.63) is 47.3 Å². The van der Waals surface area contributed by atoms with Crippen LogP contribution >= 0.6 is 0 Å². The minimum Gasteiger partial charge on any atom is -0.487 e. The molecule has 2 aromatic rings. The summed E-state index contributed by atoms with van der Waals surface area (Å²) in [6.45, 7) is 3.95. The van der Waals surface area contributed by atoms with Crippen LogP contribution in [0.15, 0.2) is 34.9 Å². The average molecular weight is 233 g/mol.